The standard InChI is InChI=1S/C16H20BrN3/c1-18-16(19-13-4-2-3-5-13)20-15-10-14(15)11-6-8-12(17)9-7-11/h2-3,6-9,13-15H,4-5,10H2,1H3,(H2,18,19,20). The minimum Gasteiger partial charge on any atom is -0.353 e. The van der Waals surface area contributed by atoms with E-state index >= 15 is 0 Å². The number of guanidine groups is 1. The van der Waals surface area contributed by atoms with Gasteiger partial charge in [-0.15, -0.1) is 0 Å². The van der Waals surface area contributed by atoms with Gasteiger partial charge in [-0.3, -0.25) is 4.99 Å². The van der Waals surface area contributed by atoms with Crippen molar-refractivity contribution in [2.75, 3.05) is 7.05 Å². The molecule has 0 bridgehead atoms. The van der Waals surface area contributed by atoms with Crippen LogP contribution in [-0.4, -0.2) is 25.1 Å². The van der Waals surface area contributed by atoms with Crippen LogP contribution < -0.4 is 10.6 Å². The molecule has 3 nitrogen and oxygen atoms in total. The van der Waals surface area contributed by atoms with Gasteiger partial charge in [0.05, 0.1) is 0 Å². The first-order valence-corrected chi connectivity index (χ1v) is 7.96. The molecule has 0 heterocycles. The molecule has 2 N–H and O–H groups in total. The Bertz CT molecular complexity index is 513. The third-order valence-electron chi connectivity index (χ3n) is 3.98. The second-order valence-electron chi connectivity index (χ2n) is 5.50. The molecule has 2 atom stereocenters. The second kappa shape index (κ2) is 6.00. The molecule has 1 aromatic rings. The normalized spacial score (nSPS) is 25.8. The molecule has 2 aliphatic carbocycles. The lowest BCUT2D eigenvalue weighted by atomic mass is 10.1. The largest absolute Gasteiger partial charge is 0.353 e. The number of hydrogen-bond donors (Lipinski definition) is 2. The molecule has 20 heavy (non-hydrogen) atoms. The fourth-order valence-electron chi connectivity index (χ4n) is 2.71. The van der Waals surface area contributed by atoms with Crippen LogP contribution in [0.25, 0.3) is 0 Å². The van der Waals surface area contributed by atoms with Crippen LogP contribution in [0.3, 0.4) is 0 Å². The summed E-state index contributed by atoms with van der Waals surface area (Å²) in [6.07, 6.45) is 7.84. The van der Waals surface area contributed by atoms with E-state index < -0.39 is 0 Å². The van der Waals surface area contributed by atoms with E-state index in [-0.39, 0.29) is 0 Å². The van der Waals surface area contributed by atoms with Crippen LogP contribution in [0.15, 0.2) is 45.9 Å². The Morgan fingerprint density at radius 2 is 1.85 bits per heavy atom. The van der Waals surface area contributed by atoms with E-state index in [0.29, 0.717) is 18.0 Å². The van der Waals surface area contributed by atoms with Gasteiger partial charge in [0.25, 0.3) is 0 Å². The van der Waals surface area contributed by atoms with Crippen molar-refractivity contribution in [1.29, 1.82) is 0 Å². The molecule has 2 unspecified atom stereocenters. The van der Waals surface area contributed by atoms with Gasteiger partial charge in [0, 0.05) is 29.5 Å². The first-order chi connectivity index (χ1) is 9.76. The van der Waals surface area contributed by atoms with E-state index in [4.69, 9.17) is 0 Å². The zero-order chi connectivity index (χ0) is 13.9. The molecular formula is C16H20BrN3. The molecule has 0 amide bonds. The highest BCUT2D eigenvalue weighted by Crippen LogP contribution is 2.41. The van der Waals surface area contributed by atoms with Crippen molar-refractivity contribution < 1.29 is 0 Å². The first-order valence-electron chi connectivity index (χ1n) is 7.16. The van der Waals surface area contributed by atoms with Crippen LogP contribution in [0.4, 0.5) is 0 Å². The maximum atomic E-state index is 4.33. The number of hydrogen-bond acceptors (Lipinski definition) is 1. The van der Waals surface area contributed by atoms with Crippen molar-refractivity contribution in [3.8, 4) is 0 Å². The fraction of sp³-hybridized carbons (Fsp3) is 0.438. The predicted octanol–water partition coefficient (Wildman–Crippen LogP) is 3.19. The highest BCUT2D eigenvalue weighted by molar-refractivity contribution is 9.10. The maximum Gasteiger partial charge on any atom is 0.191 e. The maximum absolute atomic E-state index is 4.33. The van der Waals surface area contributed by atoms with Gasteiger partial charge in [-0.1, -0.05) is 40.2 Å². The van der Waals surface area contributed by atoms with Crippen LogP contribution in [0, 0.1) is 0 Å². The third kappa shape index (κ3) is 3.23. The number of rotatable bonds is 3. The summed E-state index contributed by atoms with van der Waals surface area (Å²) in [4.78, 5) is 4.33. The minimum atomic E-state index is 0.506. The summed E-state index contributed by atoms with van der Waals surface area (Å²) in [7, 11) is 1.84. The molecule has 1 saturated carbocycles. The molecule has 0 aliphatic heterocycles. The van der Waals surface area contributed by atoms with Crippen LogP contribution in [0.1, 0.15) is 30.7 Å². The smallest absolute Gasteiger partial charge is 0.191 e. The van der Waals surface area contributed by atoms with E-state index in [1.165, 1.54) is 12.0 Å². The number of benzene rings is 1. The van der Waals surface area contributed by atoms with Crippen molar-refractivity contribution in [2.45, 2.75) is 37.3 Å². The van der Waals surface area contributed by atoms with E-state index in [1.54, 1.807) is 0 Å². The van der Waals surface area contributed by atoms with Crippen molar-refractivity contribution in [1.82, 2.24) is 10.6 Å². The summed E-state index contributed by atoms with van der Waals surface area (Å²) in [5.41, 5.74) is 1.41. The van der Waals surface area contributed by atoms with Gasteiger partial charge in [0.15, 0.2) is 5.96 Å². The summed E-state index contributed by atoms with van der Waals surface area (Å²) in [5.74, 6) is 1.55. The Labute approximate surface area is 128 Å². The van der Waals surface area contributed by atoms with Crippen molar-refractivity contribution in [2.24, 2.45) is 4.99 Å². The Kier molecular flexibility index (Phi) is 4.10. The lowest BCUT2D eigenvalue weighted by Gasteiger charge is -2.17. The molecule has 2 aliphatic rings. The van der Waals surface area contributed by atoms with Gasteiger partial charge in [-0.25, -0.2) is 0 Å². The molecule has 0 saturated heterocycles. The van der Waals surface area contributed by atoms with Gasteiger partial charge < -0.3 is 10.6 Å². The Hall–Kier alpha value is -1.29. The monoisotopic (exact) mass is 333 g/mol. The molecule has 3 rings (SSSR count). The average Bonchev–Trinajstić information content (AvgIpc) is 3.02. The topological polar surface area (TPSA) is 36.4 Å². The second-order valence-corrected chi connectivity index (χ2v) is 6.42. The van der Waals surface area contributed by atoms with E-state index in [1.807, 2.05) is 7.05 Å². The van der Waals surface area contributed by atoms with Gasteiger partial charge in [0.2, 0.25) is 0 Å². The molecule has 106 valence electrons. The lowest BCUT2D eigenvalue weighted by molar-refractivity contribution is 0.631. The Morgan fingerprint density at radius 1 is 1.15 bits per heavy atom. The van der Waals surface area contributed by atoms with Crippen molar-refractivity contribution in [3.05, 3.63) is 46.5 Å². The van der Waals surface area contributed by atoms with Gasteiger partial charge in [-0.05, 0) is 37.0 Å². The van der Waals surface area contributed by atoms with Gasteiger partial charge in [-0.2, -0.15) is 0 Å². The van der Waals surface area contributed by atoms with Crippen LogP contribution in [0.2, 0.25) is 0 Å². The molecule has 0 aromatic heterocycles. The Balaban J connectivity index is 1.52. The van der Waals surface area contributed by atoms with Gasteiger partial charge >= 0.3 is 0 Å². The summed E-state index contributed by atoms with van der Waals surface area (Å²) >= 11 is 3.48. The highest BCUT2D eigenvalue weighted by atomic mass is 79.9. The van der Waals surface area contributed by atoms with Crippen LogP contribution in [-0.2, 0) is 0 Å². The molecule has 0 spiro atoms. The average molecular weight is 334 g/mol. The van der Waals surface area contributed by atoms with Crippen molar-refractivity contribution in [3.63, 3.8) is 0 Å². The van der Waals surface area contributed by atoms with E-state index in [9.17, 15) is 0 Å². The number of nitrogens with one attached hydrogen (secondary N) is 2. The Morgan fingerprint density at radius 3 is 2.50 bits per heavy atom. The van der Waals surface area contributed by atoms with Gasteiger partial charge in [0.1, 0.15) is 0 Å². The first kappa shape index (κ1) is 13.7. The fourth-order valence-corrected chi connectivity index (χ4v) is 2.97. The molecule has 1 aromatic carbocycles. The van der Waals surface area contributed by atoms with Crippen LogP contribution in [0.5, 0.6) is 0 Å². The summed E-state index contributed by atoms with van der Waals surface area (Å²) in [5, 5.41) is 7.02. The summed E-state index contributed by atoms with van der Waals surface area (Å²) < 4.78 is 1.14. The highest BCUT2D eigenvalue weighted by Gasteiger charge is 2.39. The molecule has 0 radical (unpaired) electrons. The zero-order valence-electron chi connectivity index (χ0n) is 11.6. The quantitative estimate of drug-likeness (QED) is 0.506. The van der Waals surface area contributed by atoms with Crippen LogP contribution >= 0.6 is 15.9 Å². The van der Waals surface area contributed by atoms with E-state index in [0.717, 1.165) is 23.3 Å². The third-order valence-corrected chi connectivity index (χ3v) is 4.51. The lowest BCUT2D eigenvalue weighted by Crippen LogP contribution is -2.43. The number of nitrogens with zero attached hydrogens (tertiary/aromatic N) is 1. The molecule has 1 fully saturated rings. The summed E-state index contributed by atoms with van der Waals surface area (Å²) in [6, 6.07) is 9.65. The zero-order valence-corrected chi connectivity index (χ0v) is 13.2. The number of aliphatic imine (C=N–C) groups is 1. The predicted molar refractivity (Wildman–Crippen MR) is 87.1 cm³/mol. The molecular weight excluding hydrogens is 314 g/mol. The summed E-state index contributed by atoms with van der Waals surface area (Å²) in [6.45, 7) is 0. The molecule has 4 heteroatoms. The van der Waals surface area contributed by atoms with E-state index in [2.05, 4.69) is 68.0 Å². The number of halogens is 1. The van der Waals surface area contributed by atoms with Crippen molar-refractivity contribution >= 4 is 21.9 Å². The minimum absolute atomic E-state index is 0.506. The SMILES string of the molecule is CN=C(NC1CC=CC1)NC1CC1c1ccc(Br)cc1.